The number of piperidine rings is 1. The molecule has 1 amide bonds. The number of guanidine groups is 1. The number of nitrogens with two attached hydrogens (primary N) is 1. The second-order valence-corrected chi connectivity index (χ2v) is 8.09. The molecule has 3 N–H and O–H groups in total. The number of benzene rings is 1. The molecular weight excluding hydrogens is 451 g/mol. The van der Waals surface area contributed by atoms with E-state index in [0.717, 1.165) is 38.3 Å². The molecule has 1 saturated heterocycles. The molecule has 2 aliphatic rings. The van der Waals surface area contributed by atoms with Crippen molar-refractivity contribution >= 4 is 35.8 Å². The molecule has 3 rings (SSSR count). The highest BCUT2D eigenvalue weighted by Gasteiger charge is 2.40. The lowest BCUT2D eigenvalue weighted by Crippen LogP contribution is -2.48. The summed E-state index contributed by atoms with van der Waals surface area (Å²) in [6, 6.07) is 9.50. The Bertz CT molecular complexity index is 659. The molecule has 3 atom stereocenters. The Labute approximate surface area is 180 Å². The predicted molar refractivity (Wildman–Crippen MR) is 122 cm³/mol. The van der Waals surface area contributed by atoms with Crippen LogP contribution in [0.5, 0.6) is 0 Å². The van der Waals surface area contributed by atoms with Crippen LogP contribution in [0.4, 0.5) is 0 Å². The lowest BCUT2D eigenvalue weighted by atomic mass is 9.95. The van der Waals surface area contributed by atoms with Crippen LogP contribution < -0.4 is 11.1 Å². The Balaban J connectivity index is 0.00000261. The van der Waals surface area contributed by atoms with Crippen LogP contribution in [0.15, 0.2) is 29.3 Å². The molecule has 5 nitrogen and oxygen atoms in total. The first kappa shape index (κ1) is 22.0. The van der Waals surface area contributed by atoms with Crippen LogP contribution in [0.2, 0.25) is 0 Å². The van der Waals surface area contributed by atoms with Gasteiger partial charge in [0.25, 0.3) is 0 Å². The van der Waals surface area contributed by atoms with Crippen molar-refractivity contribution < 1.29 is 4.79 Å². The minimum absolute atomic E-state index is 0. The van der Waals surface area contributed by atoms with E-state index in [-0.39, 0.29) is 29.9 Å². The van der Waals surface area contributed by atoms with Crippen molar-refractivity contribution in [3.63, 3.8) is 0 Å². The van der Waals surface area contributed by atoms with Gasteiger partial charge in [0.1, 0.15) is 0 Å². The summed E-state index contributed by atoms with van der Waals surface area (Å²) in [6.07, 6.45) is 3.79. The molecule has 3 unspecified atom stereocenters. The maximum atomic E-state index is 11.2. The van der Waals surface area contributed by atoms with Crippen molar-refractivity contribution in [1.82, 2.24) is 10.2 Å². The number of likely N-dealkylation sites (tertiary alicyclic amines) is 1. The lowest BCUT2D eigenvalue weighted by Gasteiger charge is -2.34. The fraction of sp³-hybridized carbons (Fsp3) is 0.619. The third-order valence-corrected chi connectivity index (χ3v) is 5.66. The molecule has 0 spiro atoms. The predicted octanol–water partition coefficient (Wildman–Crippen LogP) is 3.45. The van der Waals surface area contributed by atoms with Gasteiger partial charge in [0.05, 0.1) is 0 Å². The van der Waals surface area contributed by atoms with Crippen molar-refractivity contribution in [1.29, 1.82) is 0 Å². The fourth-order valence-electron chi connectivity index (χ4n) is 4.02. The molecule has 0 bridgehead atoms. The Morgan fingerprint density at radius 1 is 1.33 bits per heavy atom. The Morgan fingerprint density at radius 3 is 2.63 bits per heavy atom. The summed E-state index contributed by atoms with van der Waals surface area (Å²) in [6.45, 7) is 6.31. The second kappa shape index (κ2) is 9.75. The summed E-state index contributed by atoms with van der Waals surface area (Å²) in [5, 5.41) is 3.63. The Hall–Kier alpha value is -1.31. The number of nitrogens with one attached hydrogen (secondary N) is 1. The average Bonchev–Trinajstić information content (AvgIpc) is 3.38. The standard InChI is InChI=1S/C21H32N4O.HI/c1-14(2)16-6-8-17(9-7-16)18-12-19(18)24-21(23-3)25-10-4-5-15(13-25)11-20(22)26;/h6-9,14-15,18-19H,4-5,10-13H2,1-3H3,(H2,22,26)(H,23,24);1H. The molecule has 1 aliphatic heterocycles. The molecule has 150 valence electrons. The van der Waals surface area contributed by atoms with Crippen LogP contribution >= 0.6 is 24.0 Å². The highest BCUT2D eigenvalue weighted by molar-refractivity contribution is 14.0. The molecule has 1 aliphatic carbocycles. The van der Waals surface area contributed by atoms with Gasteiger partial charge >= 0.3 is 0 Å². The van der Waals surface area contributed by atoms with E-state index in [1.54, 1.807) is 0 Å². The van der Waals surface area contributed by atoms with Gasteiger partial charge in [-0.2, -0.15) is 0 Å². The topological polar surface area (TPSA) is 70.7 Å². The van der Waals surface area contributed by atoms with Gasteiger partial charge in [-0.05, 0) is 42.2 Å². The van der Waals surface area contributed by atoms with Crippen LogP contribution in [-0.4, -0.2) is 42.9 Å². The minimum atomic E-state index is -0.202. The zero-order valence-electron chi connectivity index (χ0n) is 16.6. The van der Waals surface area contributed by atoms with Crippen molar-refractivity contribution in [3.05, 3.63) is 35.4 Å². The molecule has 6 heteroatoms. The number of nitrogens with zero attached hydrogens (tertiary/aromatic N) is 2. The van der Waals surface area contributed by atoms with Gasteiger partial charge in [0.15, 0.2) is 5.96 Å². The maximum absolute atomic E-state index is 11.2. The van der Waals surface area contributed by atoms with E-state index in [0.29, 0.717) is 30.2 Å². The molecular formula is C21H33IN4O. The summed E-state index contributed by atoms with van der Waals surface area (Å²) in [7, 11) is 1.84. The number of carbonyl (C=O) groups is 1. The first-order chi connectivity index (χ1) is 12.5. The summed E-state index contributed by atoms with van der Waals surface area (Å²) in [4.78, 5) is 18.0. The molecule has 0 aromatic heterocycles. The van der Waals surface area contributed by atoms with Gasteiger partial charge in [-0.25, -0.2) is 0 Å². The number of amides is 1. The zero-order valence-corrected chi connectivity index (χ0v) is 19.0. The minimum Gasteiger partial charge on any atom is -0.370 e. The largest absolute Gasteiger partial charge is 0.370 e. The molecule has 1 aromatic carbocycles. The number of carbonyl (C=O) groups excluding carboxylic acids is 1. The Kier molecular flexibility index (Phi) is 7.94. The lowest BCUT2D eigenvalue weighted by molar-refractivity contribution is -0.119. The van der Waals surface area contributed by atoms with Gasteiger partial charge in [0.2, 0.25) is 5.91 Å². The van der Waals surface area contributed by atoms with E-state index in [2.05, 4.69) is 53.3 Å². The number of aliphatic imine (C=N–C) groups is 1. The van der Waals surface area contributed by atoms with E-state index in [9.17, 15) is 4.79 Å². The maximum Gasteiger partial charge on any atom is 0.217 e. The van der Waals surface area contributed by atoms with E-state index in [1.165, 1.54) is 11.1 Å². The van der Waals surface area contributed by atoms with Crippen LogP contribution in [0.3, 0.4) is 0 Å². The van der Waals surface area contributed by atoms with Crippen molar-refractivity contribution in [2.24, 2.45) is 16.6 Å². The number of rotatable bonds is 5. The fourth-order valence-corrected chi connectivity index (χ4v) is 4.02. The van der Waals surface area contributed by atoms with Crippen molar-refractivity contribution in [3.8, 4) is 0 Å². The SMILES string of the molecule is CN=C(NC1CC1c1ccc(C(C)C)cc1)N1CCCC(CC(N)=O)C1.I. The van der Waals surface area contributed by atoms with Crippen LogP contribution in [0.1, 0.15) is 62.5 Å². The number of halogens is 1. The monoisotopic (exact) mass is 484 g/mol. The zero-order chi connectivity index (χ0) is 18.7. The van der Waals surface area contributed by atoms with Crippen LogP contribution in [-0.2, 0) is 4.79 Å². The second-order valence-electron chi connectivity index (χ2n) is 8.09. The van der Waals surface area contributed by atoms with Gasteiger partial charge in [-0.3, -0.25) is 9.79 Å². The first-order valence-corrected chi connectivity index (χ1v) is 9.84. The quantitative estimate of drug-likeness (QED) is 0.382. The van der Waals surface area contributed by atoms with E-state index in [4.69, 9.17) is 5.73 Å². The molecule has 1 aromatic rings. The average molecular weight is 484 g/mol. The van der Waals surface area contributed by atoms with Crippen LogP contribution in [0, 0.1) is 5.92 Å². The van der Waals surface area contributed by atoms with E-state index < -0.39 is 0 Å². The normalized spacial score (nSPS) is 25.1. The van der Waals surface area contributed by atoms with Crippen molar-refractivity contribution in [2.75, 3.05) is 20.1 Å². The molecule has 1 heterocycles. The third-order valence-electron chi connectivity index (χ3n) is 5.66. The third kappa shape index (κ3) is 5.83. The van der Waals surface area contributed by atoms with E-state index in [1.807, 2.05) is 7.05 Å². The molecule has 2 fully saturated rings. The molecule has 27 heavy (non-hydrogen) atoms. The summed E-state index contributed by atoms with van der Waals surface area (Å²) in [5.74, 6) is 2.25. The highest BCUT2D eigenvalue weighted by Crippen LogP contribution is 2.41. The summed E-state index contributed by atoms with van der Waals surface area (Å²) >= 11 is 0. The highest BCUT2D eigenvalue weighted by atomic mass is 127. The summed E-state index contributed by atoms with van der Waals surface area (Å²) < 4.78 is 0. The van der Waals surface area contributed by atoms with Gasteiger partial charge in [-0.1, -0.05) is 38.1 Å². The summed E-state index contributed by atoms with van der Waals surface area (Å²) in [5.41, 5.74) is 8.18. The molecule has 0 radical (unpaired) electrons. The van der Waals surface area contributed by atoms with Crippen molar-refractivity contribution in [2.45, 2.75) is 57.4 Å². The van der Waals surface area contributed by atoms with Gasteiger partial charge < -0.3 is 16.0 Å². The number of primary amides is 1. The smallest absolute Gasteiger partial charge is 0.217 e. The first-order valence-electron chi connectivity index (χ1n) is 9.84. The van der Waals surface area contributed by atoms with Gasteiger partial charge in [-0.15, -0.1) is 24.0 Å². The molecule has 1 saturated carbocycles. The van der Waals surface area contributed by atoms with Crippen LogP contribution in [0.25, 0.3) is 0 Å². The number of hydrogen-bond donors (Lipinski definition) is 2. The van der Waals surface area contributed by atoms with E-state index >= 15 is 0 Å². The number of hydrogen-bond acceptors (Lipinski definition) is 2. The Morgan fingerprint density at radius 2 is 2.04 bits per heavy atom. The van der Waals surface area contributed by atoms with Gasteiger partial charge in [0, 0.05) is 38.5 Å².